The lowest BCUT2D eigenvalue weighted by Crippen LogP contribution is -2.27. The molecule has 0 aliphatic carbocycles. The van der Waals surface area contributed by atoms with Crippen molar-refractivity contribution in [3.8, 4) is 5.75 Å². The van der Waals surface area contributed by atoms with Gasteiger partial charge in [-0.25, -0.2) is 8.42 Å². The van der Waals surface area contributed by atoms with Gasteiger partial charge in [0.25, 0.3) is 15.9 Å². The van der Waals surface area contributed by atoms with Gasteiger partial charge in [-0.3, -0.25) is 9.52 Å². The molecule has 0 aromatic heterocycles. The van der Waals surface area contributed by atoms with Crippen molar-refractivity contribution in [3.05, 3.63) is 89.0 Å². The first-order chi connectivity index (χ1) is 14.7. The summed E-state index contributed by atoms with van der Waals surface area (Å²) in [5, 5.41) is 2.96. The molecule has 0 saturated carbocycles. The van der Waals surface area contributed by atoms with Crippen LogP contribution in [0.15, 0.2) is 71.6 Å². The van der Waals surface area contributed by atoms with E-state index in [-0.39, 0.29) is 16.8 Å². The molecule has 0 bridgehead atoms. The number of nitrogens with one attached hydrogen (secondary N) is 2. The normalized spacial score (nSPS) is 12.1. The number of benzene rings is 3. The molecule has 3 aromatic carbocycles. The molecule has 3 aromatic rings. The van der Waals surface area contributed by atoms with Gasteiger partial charge in [0.1, 0.15) is 5.75 Å². The Morgan fingerprint density at radius 3 is 2.19 bits per heavy atom. The number of sulfonamides is 1. The number of amides is 1. The number of rotatable bonds is 7. The molecule has 0 aliphatic heterocycles. The summed E-state index contributed by atoms with van der Waals surface area (Å²) in [5.74, 6) is 0.462. The highest BCUT2D eigenvalue weighted by atomic mass is 32.2. The van der Waals surface area contributed by atoms with Gasteiger partial charge in [-0.2, -0.15) is 0 Å². The van der Waals surface area contributed by atoms with Gasteiger partial charge in [0, 0.05) is 5.56 Å². The van der Waals surface area contributed by atoms with E-state index >= 15 is 0 Å². The van der Waals surface area contributed by atoms with Gasteiger partial charge < -0.3 is 10.1 Å². The van der Waals surface area contributed by atoms with Gasteiger partial charge in [0.2, 0.25) is 0 Å². The zero-order chi connectivity index (χ0) is 22.6. The molecule has 6 nitrogen and oxygen atoms in total. The van der Waals surface area contributed by atoms with E-state index in [1.54, 1.807) is 56.5 Å². The Balaban J connectivity index is 1.79. The van der Waals surface area contributed by atoms with Crippen molar-refractivity contribution in [2.24, 2.45) is 0 Å². The quantitative estimate of drug-likeness (QED) is 0.564. The molecule has 0 radical (unpaired) electrons. The van der Waals surface area contributed by atoms with E-state index in [0.717, 1.165) is 16.9 Å². The molecule has 0 spiro atoms. The predicted molar refractivity (Wildman–Crippen MR) is 122 cm³/mol. The largest absolute Gasteiger partial charge is 0.497 e. The minimum Gasteiger partial charge on any atom is -0.497 e. The molecule has 0 aliphatic rings. The fourth-order valence-corrected chi connectivity index (χ4v) is 4.29. The Bertz CT molecular complexity index is 1170. The van der Waals surface area contributed by atoms with E-state index in [1.807, 2.05) is 38.1 Å². The number of carbonyl (C=O) groups excluding carboxylic acids is 1. The Labute approximate surface area is 183 Å². The molecule has 0 fully saturated rings. The van der Waals surface area contributed by atoms with Gasteiger partial charge in [-0.05, 0) is 68.3 Å². The van der Waals surface area contributed by atoms with E-state index in [9.17, 15) is 13.2 Å². The first-order valence-corrected chi connectivity index (χ1v) is 11.3. The van der Waals surface area contributed by atoms with Crippen LogP contribution in [-0.4, -0.2) is 21.4 Å². The van der Waals surface area contributed by atoms with Crippen molar-refractivity contribution < 1.29 is 17.9 Å². The number of ether oxygens (including phenoxy) is 1. The summed E-state index contributed by atoms with van der Waals surface area (Å²) in [4.78, 5) is 13.1. The molecule has 0 unspecified atom stereocenters. The summed E-state index contributed by atoms with van der Waals surface area (Å²) in [6.07, 6.45) is 0. The van der Waals surface area contributed by atoms with E-state index < -0.39 is 10.0 Å². The van der Waals surface area contributed by atoms with E-state index in [0.29, 0.717) is 16.8 Å². The Morgan fingerprint density at radius 2 is 1.58 bits per heavy atom. The zero-order valence-corrected chi connectivity index (χ0v) is 18.8. The Kier molecular flexibility index (Phi) is 6.65. The average Bonchev–Trinajstić information content (AvgIpc) is 2.75. The fraction of sp³-hybridized carbons (Fsp3) is 0.208. The summed E-state index contributed by atoms with van der Waals surface area (Å²) in [6.45, 7) is 5.50. The second-order valence-corrected chi connectivity index (χ2v) is 9.05. The number of methoxy groups -OCH3 is 1. The van der Waals surface area contributed by atoms with Gasteiger partial charge >= 0.3 is 0 Å². The van der Waals surface area contributed by atoms with Crippen molar-refractivity contribution in [1.29, 1.82) is 0 Å². The van der Waals surface area contributed by atoms with Gasteiger partial charge in [-0.15, -0.1) is 0 Å². The molecule has 3 rings (SSSR count). The lowest BCUT2D eigenvalue weighted by atomic mass is 10.0. The first-order valence-electron chi connectivity index (χ1n) is 9.85. The molecule has 162 valence electrons. The van der Waals surface area contributed by atoms with Crippen LogP contribution in [0.25, 0.3) is 0 Å². The summed E-state index contributed by atoms with van der Waals surface area (Å²) in [5.41, 5.74) is 3.23. The molecule has 7 heteroatoms. The van der Waals surface area contributed by atoms with Crippen molar-refractivity contribution in [2.45, 2.75) is 31.7 Å². The van der Waals surface area contributed by atoms with Crippen LogP contribution in [-0.2, 0) is 10.0 Å². The topological polar surface area (TPSA) is 84.5 Å². The van der Waals surface area contributed by atoms with Crippen LogP contribution in [0, 0.1) is 13.8 Å². The third kappa shape index (κ3) is 5.24. The predicted octanol–water partition coefficient (Wildman–Crippen LogP) is 4.60. The van der Waals surface area contributed by atoms with E-state index in [2.05, 4.69) is 10.0 Å². The third-order valence-electron chi connectivity index (χ3n) is 5.12. The highest BCUT2D eigenvalue weighted by molar-refractivity contribution is 7.92. The summed E-state index contributed by atoms with van der Waals surface area (Å²) in [6, 6.07) is 18.8. The molecule has 2 N–H and O–H groups in total. The molecular formula is C24H26N2O4S. The van der Waals surface area contributed by atoms with Crippen LogP contribution in [0.4, 0.5) is 5.69 Å². The van der Waals surface area contributed by atoms with Crippen LogP contribution in [0.1, 0.15) is 40.0 Å². The number of carbonyl (C=O) groups is 1. The highest BCUT2D eigenvalue weighted by Gasteiger charge is 2.19. The Hall–Kier alpha value is -3.32. The SMILES string of the molecule is COc1ccc([C@@H](C)NC(=O)c2cccc(NS(=O)(=O)c3ccc(C)cc3)c2C)cc1. The van der Waals surface area contributed by atoms with Crippen molar-refractivity contribution >= 4 is 21.6 Å². The summed E-state index contributed by atoms with van der Waals surface area (Å²) >= 11 is 0. The van der Waals surface area contributed by atoms with E-state index in [1.165, 1.54) is 0 Å². The van der Waals surface area contributed by atoms with Crippen LogP contribution >= 0.6 is 0 Å². The van der Waals surface area contributed by atoms with E-state index in [4.69, 9.17) is 4.74 Å². The lowest BCUT2D eigenvalue weighted by Gasteiger charge is -2.17. The smallest absolute Gasteiger partial charge is 0.261 e. The van der Waals surface area contributed by atoms with Crippen molar-refractivity contribution in [1.82, 2.24) is 5.32 Å². The van der Waals surface area contributed by atoms with Crippen molar-refractivity contribution in [2.75, 3.05) is 11.8 Å². The maximum Gasteiger partial charge on any atom is 0.261 e. The molecule has 31 heavy (non-hydrogen) atoms. The van der Waals surface area contributed by atoms with Gasteiger partial charge in [-0.1, -0.05) is 35.9 Å². The lowest BCUT2D eigenvalue weighted by molar-refractivity contribution is 0.0939. The second kappa shape index (κ2) is 9.22. The maximum absolute atomic E-state index is 12.9. The average molecular weight is 439 g/mol. The fourth-order valence-electron chi connectivity index (χ4n) is 3.16. The molecule has 0 heterocycles. The molecule has 1 amide bonds. The number of hydrogen-bond acceptors (Lipinski definition) is 4. The standard InChI is InChI=1S/C24H26N2O4S/c1-16-8-14-21(15-9-16)31(28,29)26-23-7-5-6-22(17(23)2)24(27)25-18(3)19-10-12-20(30-4)13-11-19/h5-15,18,26H,1-4H3,(H,25,27)/t18-/m1/s1. The number of hydrogen-bond donors (Lipinski definition) is 2. The van der Waals surface area contributed by atoms with Crippen LogP contribution < -0.4 is 14.8 Å². The molecular weight excluding hydrogens is 412 g/mol. The van der Waals surface area contributed by atoms with Crippen LogP contribution in [0.2, 0.25) is 0 Å². The van der Waals surface area contributed by atoms with Crippen LogP contribution in [0.5, 0.6) is 5.75 Å². The molecule has 1 atom stereocenters. The first kappa shape index (κ1) is 22.4. The highest BCUT2D eigenvalue weighted by Crippen LogP contribution is 2.24. The second-order valence-electron chi connectivity index (χ2n) is 7.36. The van der Waals surface area contributed by atoms with Gasteiger partial charge in [0.05, 0.1) is 23.7 Å². The minimum atomic E-state index is -3.76. The van der Waals surface area contributed by atoms with Gasteiger partial charge in [0.15, 0.2) is 0 Å². The third-order valence-corrected chi connectivity index (χ3v) is 6.50. The maximum atomic E-state index is 12.9. The zero-order valence-electron chi connectivity index (χ0n) is 18.0. The van der Waals surface area contributed by atoms with Crippen molar-refractivity contribution in [3.63, 3.8) is 0 Å². The minimum absolute atomic E-state index is 0.167. The van der Waals surface area contributed by atoms with Crippen LogP contribution in [0.3, 0.4) is 0 Å². The summed E-state index contributed by atoms with van der Waals surface area (Å²) in [7, 11) is -2.16. The summed E-state index contributed by atoms with van der Waals surface area (Å²) < 4.78 is 33.2. The monoisotopic (exact) mass is 438 g/mol. The molecule has 0 saturated heterocycles. The number of aryl methyl sites for hydroxylation is 1. The number of anilines is 1. The Morgan fingerprint density at radius 1 is 0.935 bits per heavy atom.